The van der Waals surface area contributed by atoms with Crippen molar-refractivity contribution >= 4 is 40.9 Å². The minimum absolute atomic E-state index is 0.191. The van der Waals surface area contributed by atoms with Gasteiger partial charge in [-0.2, -0.15) is 0 Å². The molecule has 0 aromatic heterocycles. The molecule has 2 aliphatic heterocycles. The zero-order valence-electron chi connectivity index (χ0n) is 15.0. The number of carbonyl (C=O) groups is 4. The van der Waals surface area contributed by atoms with Gasteiger partial charge in [0.25, 0.3) is 11.1 Å². The van der Waals surface area contributed by atoms with Crippen LogP contribution in [-0.4, -0.2) is 52.5 Å². The summed E-state index contributed by atoms with van der Waals surface area (Å²) in [5.41, 5.74) is 0.693. The zero-order valence-corrected chi connectivity index (χ0v) is 15.8. The van der Waals surface area contributed by atoms with Gasteiger partial charge in [0.05, 0.1) is 4.91 Å². The van der Waals surface area contributed by atoms with E-state index in [0.717, 1.165) is 35.9 Å². The van der Waals surface area contributed by atoms with Crippen LogP contribution in [-0.2, 0) is 14.4 Å². The topological polar surface area (TPSA) is 84.0 Å². The van der Waals surface area contributed by atoms with Crippen LogP contribution >= 0.6 is 11.8 Å². The van der Waals surface area contributed by atoms with Crippen LogP contribution < -0.4 is 4.74 Å². The van der Waals surface area contributed by atoms with E-state index in [1.54, 1.807) is 35.2 Å². The van der Waals surface area contributed by atoms with Crippen molar-refractivity contribution in [2.75, 3.05) is 19.6 Å². The quantitative estimate of drug-likeness (QED) is 0.448. The van der Waals surface area contributed by atoms with Crippen molar-refractivity contribution in [3.05, 3.63) is 34.7 Å². The summed E-state index contributed by atoms with van der Waals surface area (Å²) in [7, 11) is 0. The molecule has 0 radical (unpaired) electrons. The summed E-state index contributed by atoms with van der Waals surface area (Å²) in [4.78, 5) is 51.0. The van der Waals surface area contributed by atoms with Crippen LogP contribution in [0.25, 0.3) is 6.08 Å². The third kappa shape index (κ3) is 4.77. The Bertz CT molecular complexity index is 797. The Hall–Kier alpha value is -2.61. The van der Waals surface area contributed by atoms with E-state index in [0.29, 0.717) is 24.4 Å². The number of carbonyl (C=O) groups excluding carboxylic acids is 4. The molecule has 2 heterocycles. The monoisotopic (exact) mass is 388 g/mol. The lowest BCUT2D eigenvalue weighted by Crippen LogP contribution is -2.44. The lowest BCUT2D eigenvalue weighted by atomic mass is 10.1. The van der Waals surface area contributed by atoms with Crippen LogP contribution in [0.4, 0.5) is 4.79 Å². The second-order valence-electron chi connectivity index (χ2n) is 6.37. The Kier molecular flexibility index (Phi) is 5.95. The molecule has 2 aliphatic rings. The first kappa shape index (κ1) is 19.2. The molecular formula is C19H20N2O5S. The minimum Gasteiger partial charge on any atom is -0.427 e. The predicted octanol–water partition coefficient (Wildman–Crippen LogP) is 2.66. The van der Waals surface area contributed by atoms with Gasteiger partial charge in [0.2, 0.25) is 5.91 Å². The van der Waals surface area contributed by atoms with Crippen LogP contribution in [0.2, 0.25) is 0 Å². The lowest BCUT2D eigenvalue weighted by Gasteiger charge is -2.27. The van der Waals surface area contributed by atoms with Gasteiger partial charge in [0.15, 0.2) is 0 Å². The molecule has 2 fully saturated rings. The van der Waals surface area contributed by atoms with Gasteiger partial charge in [-0.25, -0.2) is 0 Å². The summed E-state index contributed by atoms with van der Waals surface area (Å²) in [6, 6.07) is 6.59. The number of thioether (sulfide) groups is 1. The maximum Gasteiger partial charge on any atom is 0.308 e. The Morgan fingerprint density at radius 3 is 2.41 bits per heavy atom. The Morgan fingerprint density at radius 1 is 1.11 bits per heavy atom. The molecule has 1 aromatic carbocycles. The van der Waals surface area contributed by atoms with E-state index in [1.165, 1.54) is 6.92 Å². The molecular weight excluding hydrogens is 368 g/mol. The number of hydrogen-bond donors (Lipinski definition) is 0. The van der Waals surface area contributed by atoms with Crippen LogP contribution in [0.1, 0.15) is 31.7 Å². The number of hydrogen-bond acceptors (Lipinski definition) is 6. The molecule has 1 aromatic rings. The van der Waals surface area contributed by atoms with Gasteiger partial charge in [-0.3, -0.25) is 24.1 Å². The number of likely N-dealkylation sites (tertiary alicyclic amines) is 1. The number of piperidine rings is 1. The normalized spacial score (nSPS) is 18.9. The number of amides is 3. The average molecular weight is 388 g/mol. The van der Waals surface area contributed by atoms with Crippen molar-refractivity contribution in [2.45, 2.75) is 26.2 Å². The Labute approximate surface area is 161 Å². The second-order valence-corrected chi connectivity index (χ2v) is 7.37. The lowest BCUT2D eigenvalue weighted by molar-refractivity contribution is -0.136. The molecule has 0 N–H and O–H groups in total. The molecule has 3 rings (SSSR count). The molecule has 0 saturated carbocycles. The molecule has 142 valence electrons. The summed E-state index contributed by atoms with van der Waals surface area (Å²) in [6.45, 7) is 2.46. The molecule has 7 nitrogen and oxygen atoms in total. The van der Waals surface area contributed by atoms with Crippen molar-refractivity contribution in [1.29, 1.82) is 0 Å². The van der Waals surface area contributed by atoms with Crippen molar-refractivity contribution in [3.8, 4) is 5.75 Å². The van der Waals surface area contributed by atoms with Crippen molar-refractivity contribution in [1.82, 2.24) is 9.80 Å². The SMILES string of the molecule is CC(=O)Oc1ccc(/C=C2\SC(=O)N(CC(=O)N3CCCCC3)C2=O)cc1. The fourth-order valence-electron chi connectivity index (χ4n) is 2.96. The molecule has 0 bridgehead atoms. The highest BCUT2D eigenvalue weighted by molar-refractivity contribution is 8.18. The van der Waals surface area contributed by atoms with E-state index in [2.05, 4.69) is 0 Å². The Morgan fingerprint density at radius 2 is 1.78 bits per heavy atom. The maximum atomic E-state index is 12.5. The summed E-state index contributed by atoms with van der Waals surface area (Å²) in [5, 5.41) is -0.437. The van der Waals surface area contributed by atoms with E-state index in [1.807, 2.05) is 0 Å². The largest absolute Gasteiger partial charge is 0.427 e. The first-order valence-corrected chi connectivity index (χ1v) is 9.57. The number of ether oxygens (including phenoxy) is 1. The number of imide groups is 1. The van der Waals surface area contributed by atoms with Crippen molar-refractivity contribution in [2.24, 2.45) is 0 Å². The molecule has 0 spiro atoms. The highest BCUT2D eigenvalue weighted by Gasteiger charge is 2.37. The second kappa shape index (κ2) is 8.39. The van der Waals surface area contributed by atoms with E-state index in [9.17, 15) is 19.2 Å². The predicted molar refractivity (Wildman–Crippen MR) is 101 cm³/mol. The molecule has 3 amide bonds. The van der Waals surface area contributed by atoms with Crippen LogP contribution in [0.15, 0.2) is 29.2 Å². The van der Waals surface area contributed by atoms with Gasteiger partial charge >= 0.3 is 5.97 Å². The number of esters is 1. The fraction of sp³-hybridized carbons (Fsp3) is 0.368. The fourth-order valence-corrected chi connectivity index (χ4v) is 3.80. The molecule has 27 heavy (non-hydrogen) atoms. The van der Waals surface area contributed by atoms with Crippen molar-refractivity contribution in [3.63, 3.8) is 0 Å². The van der Waals surface area contributed by atoms with Crippen LogP contribution in [0.3, 0.4) is 0 Å². The van der Waals surface area contributed by atoms with Crippen LogP contribution in [0, 0.1) is 0 Å². The van der Waals surface area contributed by atoms with Crippen LogP contribution in [0.5, 0.6) is 5.75 Å². The first-order chi connectivity index (χ1) is 12.9. The van der Waals surface area contributed by atoms with Gasteiger partial charge < -0.3 is 9.64 Å². The van der Waals surface area contributed by atoms with E-state index in [-0.39, 0.29) is 17.4 Å². The van der Waals surface area contributed by atoms with Crippen molar-refractivity contribution < 1.29 is 23.9 Å². The number of nitrogens with zero attached hydrogens (tertiary/aromatic N) is 2. The first-order valence-electron chi connectivity index (χ1n) is 8.75. The van der Waals surface area contributed by atoms with E-state index < -0.39 is 17.1 Å². The highest BCUT2D eigenvalue weighted by atomic mass is 32.2. The van der Waals surface area contributed by atoms with E-state index >= 15 is 0 Å². The van der Waals surface area contributed by atoms with Gasteiger partial charge in [-0.15, -0.1) is 0 Å². The molecule has 0 aliphatic carbocycles. The van der Waals surface area contributed by atoms with Gasteiger partial charge in [0.1, 0.15) is 12.3 Å². The van der Waals surface area contributed by atoms with E-state index in [4.69, 9.17) is 4.74 Å². The smallest absolute Gasteiger partial charge is 0.308 e. The zero-order chi connectivity index (χ0) is 19.4. The minimum atomic E-state index is -0.459. The number of rotatable bonds is 4. The standard InChI is InChI=1S/C19H20N2O5S/c1-13(22)26-15-7-5-14(6-8-15)11-16-18(24)21(19(25)27-16)12-17(23)20-9-3-2-4-10-20/h5-8,11H,2-4,9-10,12H2,1H3/b16-11-. The highest BCUT2D eigenvalue weighted by Crippen LogP contribution is 2.32. The average Bonchev–Trinajstić information content (AvgIpc) is 2.91. The third-order valence-corrected chi connectivity index (χ3v) is 5.22. The molecule has 0 unspecified atom stereocenters. The molecule has 0 atom stereocenters. The summed E-state index contributed by atoms with van der Waals surface area (Å²) in [5.74, 6) is -0.662. The maximum absolute atomic E-state index is 12.5. The van der Waals surface area contributed by atoms with Gasteiger partial charge in [-0.1, -0.05) is 12.1 Å². The van der Waals surface area contributed by atoms with Gasteiger partial charge in [-0.05, 0) is 54.8 Å². The third-order valence-electron chi connectivity index (χ3n) is 4.32. The molecule has 2 saturated heterocycles. The Balaban J connectivity index is 1.66. The summed E-state index contributed by atoms with van der Waals surface area (Å²) in [6.07, 6.45) is 4.60. The molecule has 8 heteroatoms. The summed E-state index contributed by atoms with van der Waals surface area (Å²) >= 11 is 0.823. The van der Waals surface area contributed by atoms with Gasteiger partial charge in [0, 0.05) is 20.0 Å². The number of benzene rings is 1. The summed E-state index contributed by atoms with van der Waals surface area (Å²) < 4.78 is 4.96.